The van der Waals surface area contributed by atoms with Crippen molar-refractivity contribution in [1.82, 2.24) is 0 Å². The first-order valence-corrected chi connectivity index (χ1v) is 9.73. The minimum atomic E-state index is -0.417. The van der Waals surface area contributed by atoms with Crippen LogP contribution in [0, 0.1) is 0 Å². The average Bonchev–Trinajstić information content (AvgIpc) is 2.20. The summed E-state index contributed by atoms with van der Waals surface area (Å²) >= 11 is 0. The molecule has 0 aliphatic carbocycles. The quantitative estimate of drug-likeness (QED) is 0.351. The summed E-state index contributed by atoms with van der Waals surface area (Å²) in [5.74, 6) is 0. The van der Waals surface area contributed by atoms with Crippen LogP contribution in [0.4, 0.5) is 0 Å². The third-order valence-electron chi connectivity index (χ3n) is 0. The fraction of sp³-hybridized carbons (Fsp3) is 1.00. The van der Waals surface area contributed by atoms with Gasteiger partial charge in [-0.2, -0.15) is 0 Å². The third-order valence-corrected chi connectivity index (χ3v) is 0. The van der Waals surface area contributed by atoms with Crippen molar-refractivity contribution < 1.29 is 79.2 Å². The van der Waals surface area contributed by atoms with Crippen LogP contribution < -0.4 is 35.7 Å². The van der Waals surface area contributed by atoms with Crippen LogP contribution in [-0.4, -0.2) is 42.7 Å². The van der Waals surface area contributed by atoms with Gasteiger partial charge in [-0.25, -0.2) is 0 Å². The van der Waals surface area contributed by atoms with E-state index in [2.05, 4.69) is 0 Å². The largest absolute Gasteiger partial charge is 4.00 e. The standard InChI is InChI=1S/7C3H7O.2Ti/c7*1-3(2)4;;/h7*3H,1-2H3;;/q7*-1;+3;+4. The molecule has 0 aromatic rings. The second-order valence-corrected chi connectivity index (χ2v) is 7.34. The summed E-state index contributed by atoms with van der Waals surface area (Å²) in [6.45, 7) is 22.6. The molecule has 0 amide bonds. The second-order valence-electron chi connectivity index (χ2n) is 7.34. The van der Waals surface area contributed by atoms with Crippen molar-refractivity contribution in [2.75, 3.05) is 0 Å². The molecule has 0 bridgehead atoms. The molecule has 0 aromatic heterocycles. The molecule has 0 saturated heterocycles. The molecule has 0 unspecified atom stereocenters. The van der Waals surface area contributed by atoms with Gasteiger partial charge in [0.05, 0.1) is 0 Å². The van der Waals surface area contributed by atoms with E-state index in [0.717, 1.165) is 0 Å². The van der Waals surface area contributed by atoms with E-state index >= 15 is 0 Å². The molecule has 183 valence electrons. The number of hydrogen-bond donors (Lipinski definition) is 0. The molecule has 0 heterocycles. The Balaban J connectivity index is -0.0000000242. The van der Waals surface area contributed by atoms with Gasteiger partial charge in [-0.1, -0.05) is 96.9 Å². The maximum absolute atomic E-state index is 9.53. The van der Waals surface area contributed by atoms with Gasteiger partial charge in [0, 0.05) is 0 Å². The fourth-order valence-corrected chi connectivity index (χ4v) is 0. The molecule has 0 aromatic carbocycles. The van der Waals surface area contributed by atoms with Gasteiger partial charge in [-0.05, 0) is 0 Å². The van der Waals surface area contributed by atoms with Gasteiger partial charge in [0.1, 0.15) is 0 Å². The zero-order valence-electron chi connectivity index (χ0n) is 21.9. The predicted molar refractivity (Wildman–Crippen MR) is 106 cm³/mol. The van der Waals surface area contributed by atoms with Crippen LogP contribution in [0.1, 0.15) is 96.9 Å². The van der Waals surface area contributed by atoms with E-state index in [1.54, 1.807) is 96.9 Å². The molecule has 0 atom stereocenters. The third kappa shape index (κ3) is 17500. The van der Waals surface area contributed by atoms with E-state index in [1.807, 2.05) is 0 Å². The molecule has 7 nitrogen and oxygen atoms in total. The van der Waals surface area contributed by atoms with Gasteiger partial charge < -0.3 is 35.7 Å². The maximum Gasteiger partial charge on any atom is 4.00 e. The van der Waals surface area contributed by atoms with Crippen molar-refractivity contribution >= 4 is 0 Å². The van der Waals surface area contributed by atoms with Crippen LogP contribution in [0.2, 0.25) is 0 Å². The Kier molecular flexibility index (Phi) is 100. The first kappa shape index (κ1) is 57.7. The van der Waals surface area contributed by atoms with Crippen molar-refractivity contribution in [3.8, 4) is 0 Å². The normalized spacial score (nSPS) is 8.40. The van der Waals surface area contributed by atoms with Crippen molar-refractivity contribution in [1.29, 1.82) is 0 Å². The van der Waals surface area contributed by atoms with E-state index in [-0.39, 0.29) is 43.4 Å². The molecule has 9 heteroatoms. The first-order valence-electron chi connectivity index (χ1n) is 9.73. The van der Waals surface area contributed by atoms with Crippen molar-refractivity contribution in [2.24, 2.45) is 0 Å². The van der Waals surface area contributed by atoms with Crippen LogP contribution in [0.25, 0.3) is 0 Å². The van der Waals surface area contributed by atoms with Crippen LogP contribution >= 0.6 is 0 Å². The van der Waals surface area contributed by atoms with Crippen LogP contribution in [0.5, 0.6) is 0 Å². The van der Waals surface area contributed by atoms with Gasteiger partial charge >= 0.3 is 43.4 Å². The topological polar surface area (TPSA) is 161 Å². The first-order chi connectivity index (χ1) is 12.1. The van der Waals surface area contributed by atoms with Crippen LogP contribution in [0.15, 0.2) is 0 Å². The van der Waals surface area contributed by atoms with Crippen LogP contribution in [0.3, 0.4) is 0 Å². The molecule has 0 N–H and O–H groups in total. The van der Waals surface area contributed by atoms with Crippen LogP contribution in [-0.2, 0) is 43.4 Å². The van der Waals surface area contributed by atoms with E-state index in [9.17, 15) is 35.7 Å². The Hall–Kier alpha value is 1.15. The summed E-state index contributed by atoms with van der Waals surface area (Å²) in [7, 11) is 0. The molecular formula is C21H49O7Ti2. The predicted octanol–water partition coefficient (Wildman–Crippen LogP) is -1.72. The summed E-state index contributed by atoms with van der Waals surface area (Å²) < 4.78 is 0. The van der Waals surface area contributed by atoms with Crippen molar-refractivity contribution in [3.05, 3.63) is 0 Å². The average molecular weight is 509 g/mol. The molecule has 0 fully saturated rings. The summed E-state index contributed by atoms with van der Waals surface area (Å²) in [5.41, 5.74) is 0. The summed E-state index contributed by atoms with van der Waals surface area (Å²) in [4.78, 5) is 0. The molecular weight excluding hydrogens is 460 g/mol. The zero-order chi connectivity index (χ0) is 25.0. The second kappa shape index (κ2) is 52.2. The van der Waals surface area contributed by atoms with Gasteiger partial charge in [0.25, 0.3) is 0 Å². The summed E-state index contributed by atoms with van der Waals surface area (Å²) in [6.07, 6.45) is -2.92. The Morgan fingerprint density at radius 3 is 0.267 bits per heavy atom. The molecule has 30 heavy (non-hydrogen) atoms. The van der Waals surface area contributed by atoms with E-state index in [0.29, 0.717) is 0 Å². The van der Waals surface area contributed by atoms with E-state index < -0.39 is 42.7 Å². The number of hydrogen-bond acceptors (Lipinski definition) is 7. The molecule has 0 saturated carbocycles. The molecule has 0 rings (SSSR count). The Morgan fingerprint density at radius 1 is 0.267 bits per heavy atom. The SMILES string of the molecule is CC(C)[O-].CC(C)[O-].CC(C)[O-].CC(C)[O-].CC(C)[O-].CC(C)[O-].CC(C)[O-].[Ti+3].[Ti+4]. The molecule has 0 aliphatic rings. The van der Waals surface area contributed by atoms with Gasteiger partial charge in [0.15, 0.2) is 0 Å². The van der Waals surface area contributed by atoms with E-state index in [4.69, 9.17) is 0 Å². The molecule has 0 aliphatic heterocycles. The molecule has 1 radical (unpaired) electrons. The van der Waals surface area contributed by atoms with Gasteiger partial charge in [0.2, 0.25) is 0 Å². The van der Waals surface area contributed by atoms with Crippen molar-refractivity contribution in [2.45, 2.75) is 140 Å². The Morgan fingerprint density at radius 2 is 0.267 bits per heavy atom. The number of rotatable bonds is 0. The smallest absolute Gasteiger partial charge is 0.852 e. The minimum absolute atomic E-state index is 0. The monoisotopic (exact) mass is 509 g/mol. The van der Waals surface area contributed by atoms with E-state index in [1.165, 1.54) is 0 Å². The fourth-order valence-electron chi connectivity index (χ4n) is 0. The molecule has 0 spiro atoms. The maximum atomic E-state index is 9.53. The van der Waals surface area contributed by atoms with Gasteiger partial charge in [-0.15, -0.1) is 42.7 Å². The summed E-state index contributed by atoms with van der Waals surface area (Å²) in [6, 6.07) is 0. The van der Waals surface area contributed by atoms with Gasteiger partial charge in [-0.3, -0.25) is 0 Å². The Bertz CT molecular complexity index is 126. The summed E-state index contributed by atoms with van der Waals surface area (Å²) in [5, 5.41) is 66.7. The zero-order valence-corrected chi connectivity index (χ0v) is 25.0. The Labute approximate surface area is 218 Å². The van der Waals surface area contributed by atoms with Crippen molar-refractivity contribution in [3.63, 3.8) is 0 Å². The minimum Gasteiger partial charge on any atom is -0.852 e.